The third-order valence-corrected chi connectivity index (χ3v) is 6.57. The first-order chi connectivity index (χ1) is 17.3. The maximum Gasteiger partial charge on any atom is 0.430 e. The molecule has 190 valence electrons. The van der Waals surface area contributed by atoms with Crippen LogP contribution in [0.5, 0.6) is 0 Å². The van der Waals surface area contributed by atoms with Gasteiger partial charge < -0.3 is 10.1 Å². The number of halogens is 8. The van der Waals surface area contributed by atoms with Crippen molar-refractivity contribution in [2.45, 2.75) is 18.0 Å². The summed E-state index contributed by atoms with van der Waals surface area (Å²) >= 11 is 6.17. The van der Waals surface area contributed by atoms with E-state index in [0.717, 1.165) is 6.07 Å². The largest absolute Gasteiger partial charge is 0.430 e. The molecule has 0 radical (unpaired) electrons. The van der Waals surface area contributed by atoms with Gasteiger partial charge in [0.25, 0.3) is 5.60 Å². The highest BCUT2D eigenvalue weighted by molar-refractivity contribution is 6.33. The van der Waals surface area contributed by atoms with E-state index in [1.807, 2.05) is 0 Å². The summed E-state index contributed by atoms with van der Waals surface area (Å²) in [6.07, 6.45) is -10.6. The average Bonchev–Trinajstić information content (AvgIpc) is 3.26. The number of H-pyrrole nitrogens is 1. The Kier molecular flexibility index (Phi) is 5.54. The van der Waals surface area contributed by atoms with E-state index in [1.54, 1.807) is 12.1 Å². The molecule has 0 amide bonds. The van der Waals surface area contributed by atoms with E-state index in [9.17, 15) is 35.8 Å². The lowest BCUT2D eigenvalue weighted by Gasteiger charge is -2.32. The van der Waals surface area contributed by atoms with Crippen LogP contribution in [0.1, 0.15) is 11.1 Å². The summed E-state index contributed by atoms with van der Waals surface area (Å²) < 4.78 is 96.1. The Bertz CT molecular complexity index is 1690. The van der Waals surface area contributed by atoms with Gasteiger partial charge >= 0.3 is 12.4 Å². The third kappa shape index (κ3) is 3.66. The molecule has 0 saturated heterocycles. The number of aromatic amines is 1. The van der Waals surface area contributed by atoms with Crippen LogP contribution in [-0.2, 0) is 5.60 Å². The van der Waals surface area contributed by atoms with E-state index >= 15 is 0 Å². The molecule has 5 aromatic rings. The minimum absolute atomic E-state index is 0.0193. The van der Waals surface area contributed by atoms with Gasteiger partial charge in [0.2, 0.25) is 0 Å². The molecule has 0 aliphatic rings. The Hall–Kier alpha value is -3.63. The number of aromatic nitrogens is 2. The van der Waals surface area contributed by atoms with Gasteiger partial charge in [-0.3, -0.25) is 0 Å². The summed E-state index contributed by atoms with van der Waals surface area (Å²) in [5.74, 6) is -0.664. The van der Waals surface area contributed by atoms with Gasteiger partial charge in [-0.1, -0.05) is 54.6 Å². The first kappa shape index (κ1) is 25.0. The fraction of sp³-hybridized carbons (Fsp3) is 0.115. The number of nitrogens with zero attached hydrogens (tertiary/aromatic N) is 1. The van der Waals surface area contributed by atoms with Crippen LogP contribution < -0.4 is 0 Å². The van der Waals surface area contributed by atoms with E-state index < -0.39 is 29.3 Å². The summed E-state index contributed by atoms with van der Waals surface area (Å²) in [6.45, 7) is 3.65. The number of fused-ring (bicyclic) bond motifs is 6. The van der Waals surface area contributed by atoms with Crippen LogP contribution in [0.15, 0.2) is 61.2 Å². The van der Waals surface area contributed by atoms with E-state index in [-0.39, 0.29) is 38.1 Å². The van der Waals surface area contributed by atoms with E-state index in [2.05, 4.69) is 16.5 Å². The van der Waals surface area contributed by atoms with Crippen molar-refractivity contribution in [1.82, 2.24) is 9.97 Å². The molecule has 0 saturated carbocycles. The van der Waals surface area contributed by atoms with Crippen molar-refractivity contribution >= 4 is 50.3 Å². The van der Waals surface area contributed by atoms with Crippen molar-refractivity contribution in [3.63, 3.8) is 0 Å². The highest BCUT2D eigenvalue weighted by Crippen LogP contribution is 2.51. The van der Waals surface area contributed by atoms with Gasteiger partial charge in [-0.25, -0.2) is 9.37 Å². The molecule has 0 atom stereocenters. The molecule has 0 aliphatic heterocycles. The monoisotopic (exact) mass is 538 g/mol. The molecule has 0 fully saturated rings. The van der Waals surface area contributed by atoms with Crippen LogP contribution in [0.25, 0.3) is 50.0 Å². The molecular weight excluding hydrogens is 525 g/mol. The zero-order chi connectivity index (χ0) is 26.9. The SMILES string of the molecule is C=Cc1ccc2c(c1)c1cc(C(O)(C(F)(F)F)C(F)(F)F)ccc1c1[nH]c(-c3c(F)cccc3Cl)nc21. The van der Waals surface area contributed by atoms with Crippen molar-refractivity contribution < 1.29 is 35.8 Å². The van der Waals surface area contributed by atoms with Crippen LogP contribution in [0.3, 0.4) is 0 Å². The minimum atomic E-state index is -6.05. The molecule has 1 heterocycles. The summed E-state index contributed by atoms with van der Waals surface area (Å²) in [5, 5.41) is 10.8. The molecule has 0 spiro atoms. The van der Waals surface area contributed by atoms with E-state index in [4.69, 9.17) is 11.6 Å². The molecule has 11 heteroatoms. The van der Waals surface area contributed by atoms with Crippen molar-refractivity contribution in [2.24, 2.45) is 0 Å². The first-order valence-corrected chi connectivity index (χ1v) is 11.0. The number of aliphatic hydroxyl groups is 1. The predicted molar refractivity (Wildman–Crippen MR) is 128 cm³/mol. The Morgan fingerprint density at radius 3 is 2.14 bits per heavy atom. The number of hydrogen-bond acceptors (Lipinski definition) is 2. The molecule has 1 aromatic heterocycles. The van der Waals surface area contributed by atoms with Crippen LogP contribution >= 0.6 is 11.6 Å². The second-order valence-electron chi connectivity index (χ2n) is 8.38. The van der Waals surface area contributed by atoms with Gasteiger partial charge in [-0.15, -0.1) is 0 Å². The number of alkyl halides is 6. The normalized spacial score (nSPS) is 13.1. The zero-order valence-corrected chi connectivity index (χ0v) is 19.2. The molecule has 3 nitrogen and oxygen atoms in total. The van der Waals surface area contributed by atoms with Crippen LogP contribution in [0.4, 0.5) is 30.7 Å². The standard InChI is InChI=1S/C26H14ClF7N2O/c1-2-12-6-8-14-16(10-12)17-11-13(24(37,25(29,30)31)26(32,33)34)7-9-15(17)22-21(14)35-23(36-22)20-18(27)4-3-5-19(20)28/h2-11,37H,1H2,(H,35,36). The second kappa shape index (κ2) is 8.19. The lowest BCUT2D eigenvalue weighted by molar-refractivity contribution is -0.376. The summed E-state index contributed by atoms with van der Waals surface area (Å²) in [5.41, 5.74) is -5.50. The molecule has 0 bridgehead atoms. The fourth-order valence-corrected chi connectivity index (χ4v) is 4.67. The molecule has 2 N–H and O–H groups in total. The second-order valence-corrected chi connectivity index (χ2v) is 8.79. The van der Waals surface area contributed by atoms with Gasteiger partial charge in [0.05, 0.1) is 21.6 Å². The smallest absolute Gasteiger partial charge is 0.369 e. The van der Waals surface area contributed by atoms with E-state index in [0.29, 0.717) is 28.6 Å². The molecule has 0 aliphatic carbocycles. The highest BCUT2D eigenvalue weighted by atomic mass is 35.5. The minimum Gasteiger partial charge on any atom is -0.369 e. The molecular formula is C26H14ClF7N2O. The lowest BCUT2D eigenvalue weighted by Crippen LogP contribution is -2.53. The lowest BCUT2D eigenvalue weighted by atomic mass is 9.88. The first-order valence-electron chi connectivity index (χ1n) is 10.6. The Balaban J connectivity index is 1.92. The fourth-order valence-electron chi connectivity index (χ4n) is 4.42. The quantitative estimate of drug-likeness (QED) is 0.179. The number of benzene rings is 4. The average molecular weight is 539 g/mol. The van der Waals surface area contributed by atoms with Crippen LogP contribution in [-0.4, -0.2) is 27.4 Å². The summed E-state index contributed by atoms with van der Waals surface area (Å²) in [7, 11) is 0. The predicted octanol–water partition coefficient (Wildman–Crippen LogP) is 8.28. The van der Waals surface area contributed by atoms with Crippen molar-refractivity contribution in [3.05, 3.63) is 83.1 Å². The maximum absolute atomic E-state index is 14.6. The van der Waals surface area contributed by atoms with Gasteiger partial charge in [-0.2, -0.15) is 26.3 Å². The molecule has 5 rings (SSSR count). The van der Waals surface area contributed by atoms with Gasteiger partial charge in [0, 0.05) is 16.3 Å². The number of nitrogens with one attached hydrogen (secondary N) is 1. The topological polar surface area (TPSA) is 48.9 Å². The van der Waals surface area contributed by atoms with Crippen LogP contribution in [0, 0.1) is 5.82 Å². The van der Waals surface area contributed by atoms with Crippen LogP contribution in [0.2, 0.25) is 5.02 Å². The summed E-state index contributed by atoms with van der Waals surface area (Å²) in [6, 6.07) is 11.0. The molecule has 37 heavy (non-hydrogen) atoms. The zero-order valence-electron chi connectivity index (χ0n) is 18.4. The Morgan fingerprint density at radius 2 is 1.51 bits per heavy atom. The van der Waals surface area contributed by atoms with Gasteiger partial charge in [0.15, 0.2) is 0 Å². The Labute approximate surface area is 208 Å². The number of hydrogen-bond donors (Lipinski definition) is 2. The number of rotatable bonds is 3. The van der Waals surface area contributed by atoms with E-state index in [1.165, 1.54) is 30.3 Å². The van der Waals surface area contributed by atoms with Crippen molar-refractivity contribution in [1.29, 1.82) is 0 Å². The van der Waals surface area contributed by atoms with Crippen molar-refractivity contribution in [2.75, 3.05) is 0 Å². The molecule has 0 unspecified atom stereocenters. The summed E-state index contributed by atoms with van der Waals surface area (Å²) in [4.78, 5) is 7.39. The van der Waals surface area contributed by atoms with Gasteiger partial charge in [-0.05, 0) is 40.6 Å². The maximum atomic E-state index is 14.6. The highest BCUT2D eigenvalue weighted by Gasteiger charge is 2.71. The third-order valence-electron chi connectivity index (χ3n) is 6.26. The number of imidazole rings is 1. The molecule has 4 aromatic carbocycles. The van der Waals surface area contributed by atoms with Crippen molar-refractivity contribution in [3.8, 4) is 11.4 Å². The van der Waals surface area contributed by atoms with Gasteiger partial charge in [0.1, 0.15) is 11.6 Å². The Morgan fingerprint density at radius 1 is 0.865 bits per heavy atom.